The number of carbonyl (C=O) groups excluding carboxylic acids is 1. The van der Waals surface area contributed by atoms with Crippen molar-refractivity contribution in [1.29, 1.82) is 0 Å². The van der Waals surface area contributed by atoms with E-state index in [0.717, 1.165) is 3.57 Å². The summed E-state index contributed by atoms with van der Waals surface area (Å²) in [6.07, 6.45) is 0. The van der Waals surface area contributed by atoms with E-state index in [2.05, 4.69) is 22.6 Å². The fraction of sp³-hybridized carbons (Fsp3) is 0.250. The smallest absolute Gasteiger partial charge is 0.342 e. The van der Waals surface area contributed by atoms with Crippen LogP contribution in [0.25, 0.3) is 5.57 Å². The van der Waals surface area contributed by atoms with Gasteiger partial charge in [-0.05, 0) is 47.7 Å². The molecule has 0 saturated heterocycles. The highest BCUT2D eigenvalue weighted by Crippen LogP contribution is 2.34. The van der Waals surface area contributed by atoms with Gasteiger partial charge in [0.15, 0.2) is 0 Å². The fourth-order valence-corrected chi connectivity index (χ4v) is 2.12. The Morgan fingerprint density at radius 1 is 1.59 bits per heavy atom. The van der Waals surface area contributed by atoms with Crippen molar-refractivity contribution in [3.63, 3.8) is 0 Å². The summed E-state index contributed by atoms with van der Waals surface area (Å²) in [6.45, 7) is 2.00. The molecule has 1 aromatic carbocycles. The molecule has 0 unspecified atom stereocenters. The van der Waals surface area contributed by atoms with Gasteiger partial charge in [0.1, 0.15) is 23.7 Å². The van der Waals surface area contributed by atoms with Crippen LogP contribution in [0.5, 0.6) is 5.75 Å². The maximum Gasteiger partial charge on any atom is 0.342 e. The third-order valence-corrected chi connectivity index (χ3v) is 3.01. The van der Waals surface area contributed by atoms with Gasteiger partial charge in [-0.25, -0.2) is 4.79 Å². The van der Waals surface area contributed by atoms with Crippen molar-refractivity contribution in [2.45, 2.75) is 6.92 Å². The largest absolute Gasteiger partial charge is 0.508 e. The van der Waals surface area contributed by atoms with E-state index in [-0.39, 0.29) is 24.5 Å². The van der Waals surface area contributed by atoms with E-state index in [9.17, 15) is 9.90 Å². The summed E-state index contributed by atoms with van der Waals surface area (Å²) in [5.74, 6) is -0.0132. The zero-order valence-corrected chi connectivity index (χ0v) is 11.4. The first-order chi connectivity index (χ1) is 8.13. The first kappa shape index (κ1) is 12.2. The molecule has 17 heavy (non-hydrogen) atoms. The summed E-state index contributed by atoms with van der Waals surface area (Å²) < 4.78 is 11.2. The van der Waals surface area contributed by atoms with Crippen molar-refractivity contribution in [1.82, 2.24) is 0 Å². The molecule has 0 atom stereocenters. The van der Waals surface area contributed by atoms with Crippen LogP contribution < -0.4 is 4.74 Å². The first-order valence-corrected chi connectivity index (χ1v) is 6.23. The number of aliphatic hydroxyl groups is 1. The molecule has 0 spiro atoms. The molecule has 1 aliphatic rings. The minimum absolute atomic E-state index is 0.00173. The first-order valence-electron chi connectivity index (χ1n) is 5.15. The average Bonchev–Trinajstić information content (AvgIpc) is 2.28. The van der Waals surface area contributed by atoms with Crippen molar-refractivity contribution in [2.24, 2.45) is 0 Å². The van der Waals surface area contributed by atoms with Gasteiger partial charge >= 0.3 is 5.97 Å². The standard InChI is InChI=1S/C12H11IO4/c1-2-16-12(15)11-8-5-7(13)3-4-10(8)17-6-9(11)14/h3-5,14H,2,6H2,1H3. The SMILES string of the molecule is CCOC(=O)C1=C(O)COc2ccc(I)cc21. The molecular weight excluding hydrogens is 335 g/mol. The highest BCUT2D eigenvalue weighted by molar-refractivity contribution is 14.1. The zero-order valence-electron chi connectivity index (χ0n) is 9.20. The maximum absolute atomic E-state index is 11.8. The number of hydrogen-bond acceptors (Lipinski definition) is 4. The van der Waals surface area contributed by atoms with Gasteiger partial charge < -0.3 is 14.6 Å². The van der Waals surface area contributed by atoms with Gasteiger partial charge in [0.05, 0.1) is 6.61 Å². The van der Waals surface area contributed by atoms with Crippen molar-refractivity contribution in [3.05, 3.63) is 33.1 Å². The van der Waals surface area contributed by atoms with Crippen LogP contribution in [0.2, 0.25) is 0 Å². The Hall–Kier alpha value is -1.24. The van der Waals surface area contributed by atoms with E-state index in [0.29, 0.717) is 11.3 Å². The summed E-state index contributed by atoms with van der Waals surface area (Å²) in [4.78, 5) is 11.8. The third kappa shape index (κ3) is 2.38. The van der Waals surface area contributed by atoms with Crippen LogP contribution in [0, 0.1) is 3.57 Å². The van der Waals surface area contributed by atoms with Crippen LogP contribution in [-0.4, -0.2) is 24.3 Å². The summed E-state index contributed by atoms with van der Waals surface area (Å²) in [6, 6.07) is 5.45. The van der Waals surface area contributed by atoms with Crippen LogP contribution in [0.1, 0.15) is 12.5 Å². The van der Waals surface area contributed by atoms with Gasteiger partial charge in [-0.3, -0.25) is 0 Å². The molecular formula is C12H11IO4. The number of esters is 1. The summed E-state index contributed by atoms with van der Waals surface area (Å²) in [5.41, 5.74) is 0.783. The Balaban J connectivity index is 2.50. The molecule has 0 aliphatic carbocycles. The minimum Gasteiger partial charge on any atom is -0.508 e. The summed E-state index contributed by atoms with van der Waals surface area (Å²) >= 11 is 2.14. The van der Waals surface area contributed by atoms with E-state index >= 15 is 0 Å². The van der Waals surface area contributed by atoms with Crippen molar-refractivity contribution in [2.75, 3.05) is 13.2 Å². The van der Waals surface area contributed by atoms with Crippen LogP contribution in [0.3, 0.4) is 0 Å². The highest BCUT2D eigenvalue weighted by Gasteiger charge is 2.26. The number of fused-ring (bicyclic) bond motifs is 1. The fourth-order valence-electron chi connectivity index (χ4n) is 1.63. The second-order valence-corrected chi connectivity index (χ2v) is 4.72. The van der Waals surface area contributed by atoms with E-state index in [4.69, 9.17) is 9.47 Å². The molecule has 2 rings (SSSR count). The van der Waals surface area contributed by atoms with Gasteiger partial charge in [0.25, 0.3) is 0 Å². The number of hydrogen-bond donors (Lipinski definition) is 1. The lowest BCUT2D eigenvalue weighted by Crippen LogP contribution is -2.18. The number of rotatable bonds is 2. The Labute approximate surface area is 112 Å². The van der Waals surface area contributed by atoms with Crippen LogP contribution >= 0.6 is 22.6 Å². The third-order valence-electron chi connectivity index (χ3n) is 2.34. The molecule has 0 amide bonds. The monoisotopic (exact) mass is 346 g/mol. The highest BCUT2D eigenvalue weighted by atomic mass is 127. The maximum atomic E-state index is 11.8. The minimum atomic E-state index is -0.517. The van der Waals surface area contributed by atoms with E-state index in [1.807, 2.05) is 6.07 Å². The summed E-state index contributed by atoms with van der Waals surface area (Å²) in [7, 11) is 0. The van der Waals surface area contributed by atoms with Gasteiger partial charge in [-0.15, -0.1) is 0 Å². The van der Waals surface area contributed by atoms with Gasteiger partial charge in [-0.2, -0.15) is 0 Å². The number of halogens is 1. The predicted molar refractivity (Wildman–Crippen MR) is 70.8 cm³/mol. The van der Waals surface area contributed by atoms with E-state index < -0.39 is 5.97 Å². The number of aliphatic hydroxyl groups excluding tert-OH is 1. The molecule has 0 bridgehead atoms. The van der Waals surface area contributed by atoms with Gasteiger partial charge in [-0.1, -0.05) is 0 Å². The Morgan fingerprint density at radius 2 is 2.35 bits per heavy atom. The van der Waals surface area contributed by atoms with Gasteiger partial charge in [0.2, 0.25) is 0 Å². The second-order valence-electron chi connectivity index (χ2n) is 3.47. The van der Waals surface area contributed by atoms with Gasteiger partial charge in [0, 0.05) is 9.13 Å². The Kier molecular flexibility index (Phi) is 3.56. The number of ether oxygens (including phenoxy) is 2. The van der Waals surface area contributed by atoms with Crippen LogP contribution in [-0.2, 0) is 9.53 Å². The molecule has 0 aromatic heterocycles. The molecule has 4 nitrogen and oxygen atoms in total. The second kappa shape index (κ2) is 4.95. The summed E-state index contributed by atoms with van der Waals surface area (Å²) in [5, 5.41) is 9.75. The lowest BCUT2D eigenvalue weighted by Gasteiger charge is -2.20. The molecule has 1 heterocycles. The van der Waals surface area contributed by atoms with Crippen molar-refractivity contribution >= 4 is 34.1 Å². The Bertz CT molecular complexity index is 493. The lowest BCUT2D eigenvalue weighted by molar-refractivity contribution is -0.136. The molecule has 90 valence electrons. The molecule has 0 saturated carbocycles. The zero-order chi connectivity index (χ0) is 12.4. The van der Waals surface area contributed by atoms with Crippen LogP contribution in [0.4, 0.5) is 0 Å². The molecule has 0 fully saturated rings. The molecule has 0 radical (unpaired) electrons. The van der Waals surface area contributed by atoms with E-state index in [1.54, 1.807) is 19.1 Å². The van der Waals surface area contributed by atoms with Crippen molar-refractivity contribution < 1.29 is 19.4 Å². The molecule has 5 heteroatoms. The predicted octanol–water partition coefficient (Wildman–Crippen LogP) is 2.52. The van der Waals surface area contributed by atoms with Crippen molar-refractivity contribution in [3.8, 4) is 5.75 Å². The average molecular weight is 346 g/mol. The van der Waals surface area contributed by atoms with E-state index in [1.165, 1.54) is 0 Å². The molecule has 1 aliphatic heterocycles. The number of carbonyl (C=O) groups is 1. The van der Waals surface area contributed by atoms with Crippen LogP contribution in [0.15, 0.2) is 24.0 Å². The Morgan fingerprint density at radius 3 is 3.06 bits per heavy atom. The number of benzene rings is 1. The molecule has 1 N–H and O–H groups in total. The lowest BCUT2D eigenvalue weighted by atomic mass is 10.0. The quantitative estimate of drug-likeness (QED) is 0.661. The topological polar surface area (TPSA) is 55.8 Å². The normalized spacial score (nSPS) is 14.0. The molecule has 1 aromatic rings.